The van der Waals surface area contributed by atoms with Gasteiger partial charge < -0.3 is 4.74 Å². The second kappa shape index (κ2) is 7.93. The van der Waals surface area contributed by atoms with Crippen LogP contribution in [0.2, 0.25) is 0 Å². The molecule has 0 N–H and O–H groups in total. The van der Waals surface area contributed by atoms with E-state index in [0.717, 1.165) is 23.3 Å². The fourth-order valence-electron chi connectivity index (χ4n) is 3.17. The lowest BCUT2D eigenvalue weighted by Gasteiger charge is -2.30. The molecule has 1 fully saturated rings. The third-order valence-corrected chi connectivity index (χ3v) is 5.46. The normalized spacial score (nSPS) is 16.0. The Kier molecular flexibility index (Phi) is 5.68. The lowest BCUT2D eigenvalue weighted by Crippen LogP contribution is -2.32. The third kappa shape index (κ3) is 4.79. The number of nitrogens with zero attached hydrogens (tertiary/aromatic N) is 2. The quantitative estimate of drug-likeness (QED) is 0.761. The van der Waals surface area contributed by atoms with Crippen molar-refractivity contribution < 1.29 is 4.74 Å². The number of aryl methyl sites for hydroxylation is 1. The van der Waals surface area contributed by atoms with Gasteiger partial charge in [0.15, 0.2) is 0 Å². The molecule has 3 nitrogen and oxygen atoms in total. The zero-order valence-corrected chi connectivity index (χ0v) is 14.9. The Hall–Kier alpha value is -1.39. The van der Waals surface area contributed by atoms with Crippen LogP contribution in [0, 0.1) is 6.92 Å². The fourth-order valence-corrected chi connectivity index (χ4v) is 3.87. The van der Waals surface area contributed by atoms with Crippen LogP contribution < -0.4 is 4.74 Å². The Morgan fingerprint density at radius 3 is 2.65 bits per heavy atom. The SMILES string of the molecule is Cc1ccc(OCc2nc(CN(C)C3CCCCC3)cs2)cc1. The number of aromatic nitrogens is 1. The first-order valence-corrected chi connectivity index (χ1v) is 9.41. The second-order valence-electron chi connectivity index (χ2n) is 6.54. The van der Waals surface area contributed by atoms with E-state index in [0.29, 0.717) is 6.61 Å². The summed E-state index contributed by atoms with van der Waals surface area (Å²) in [4.78, 5) is 7.20. The molecule has 0 radical (unpaired) electrons. The van der Waals surface area contributed by atoms with Gasteiger partial charge in [-0.15, -0.1) is 11.3 Å². The van der Waals surface area contributed by atoms with Crippen LogP contribution in [0.3, 0.4) is 0 Å². The number of rotatable bonds is 6. The number of thiazole rings is 1. The van der Waals surface area contributed by atoms with Crippen molar-refractivity contribution in [1.29, 1.82) is 0 Å². The van der Waals surface area contributed by atoms with Crippen molar-refractivity contribution in [2.24, 2.45) is 0 Å². The van der Waals surface area contributed by atoms with Crippen molar-refractivity contribution in [2.75, 3.05) is 7.05 Å². The average molecular weight is 330 g/mol. The summed E-state index contributed by atoms with van der Waals surface area (Å²) in [6.07, 6.45) is 6.83. The van der Waals surface area contributed by atoms with E-state index in [4.69, 9.17) is 9.72 Å². The Morgan fingerprint density at radius 1 is 1.17 bits per heavy atom. The maximum absolute atomic E-state index is 5.82. The van der Waals surface area contributed by atoms with Crippen molar-refractivity contribution in [2.45, 2.75) is 58.2 Å². The number of hydrogen-bond acceptors (Lipinski definition) is 4. The molecule has 0 amide bonds. The summed E-state index contributed by atoms with van der Waals surface area (Å²) in [5, 5.41) is 3.23. The first kappa shape index (κ1) is 16.5. The van der Waals surface area contributed by atoms with Crippen LogP contribution in [0.25, 0.3) is 0 Å². The van der Waals surface area contributed by atoms with Crippen LogP contribution >= 0.6 is 11.3 Å². The molecule has 2 aromatic rings. The predicted octanol–water partition coefficient (Wildman–Crippen LogP) is 4.80. The summed E-state index contributed by atoms with van der Waals surface area (Å²) in [5.41, 5.74) is 2.42. The zero-order valence-electron chi connectivity index (χ0n) is 14.1. The van der Waals surface area contributed by atoms with Gasteiger partial charge in [-0.25, -0.2) is 4.98 Å². The van der Waals surface area contributed by atoms with E-state index in [1.165, 1.54) is 43.4 Å². The first-order valence-electron chi connectivity index (χ1n) is 8.54. The van der Waals surface area contributed by atoms with Gasteiger partial charge >= 0.3 is 0 Å². The van der Waals surface area contributed by atoms with Crippen molar-refractivity contribution in [1.82, 2.24) is 9.88 Å². The third-order valence-electron chi connectivity index (χ3n) is 4.59. The standard InChI is InChI=1S/C19H26N2OS/c1-15-8-10-18(11-9-15)22-13-19-20-16(14-23-19)12-21(2)17-6-4-3-5-7-17/h8-11,14,17H,3-7,12-13H2,1-2H3. The van der Waals surface area contributed by atoms with Gasteiger partial charge in [0.25, 0.3) is 0 Å². The first-order chi connectivity index (χ1) is 11.2. The second-order valence-corrected chi connectivity index (χ2v) is 7.48. The van der Waals surface area contributed by atoms with Gasteiger partial charge in [-0.1, -0.05) is 37.0 Å². The molecule has 1 aromatic carbocycles. The van der Waals surface area contributed by atoms with Gasteiger partial charge in [-0.2, -0.15) is 0 Å². The molecule has 1 aliphatic carbocycles. The largest absolute Gasteiger partial charge is 0.486 e. The minimum atomic E-state index is 0.556. The molecule has 1 saturated carbocycles. The molecule has 0 saturated heterocycles. The van der Waals surface area contributed by atoms with Crippen LogP contribution in [-0.2, 0) is 13.2 Å². The molecule has 0 atom stereocenters. The molecule has 23 heavy (non-hydrogen) atoms. The van der Waals surface area contributed by atoms with E-state index in [1.807, 2.05) is 12.1 Å². The van der Waals surface area contributed by atoms with Crippen LogP contribution in [0.5, 0.6) is 5.75 Å². The van der Waals surface area contributed by atoms with Crippen molar-refractivity contribution in [3.8, 4) is 5.75 Å². The molecule has 1 aliphatic rings. The molecule has 0 spiro atoms. The van der Waals surface area contributed by atoms with E-state index in [2.05, 4.69) is 36.4 Å². The van der Waals surface area contributed by atoms with E-state index >= 15 is 0 Å². The van der Waals surface area contributed by atoms with Gasteiger partial charge in [0.1, 0.15) is 17.4 Å². The van der Waals surface area contributed by atoms with E-state index in [9.17, 15) is 0 Å². The van der Waals surface area contributed by atoms with Crippen LogP contribution in [-0.4, -0.2) is 23.0 Å². The molecule has 0 unspecified atom stereocenters. The Balaban J connectivity index is 1.50. The highest BCUT2D eigenvalue weighted by Crippen LogP contribution is 2.23. The summed E-state index contributed by atoms with van der Waals surface area (Å²) in [6.45, 7) is 3.59. The smallest absolute Gasteiger partial charge is 0.140 e. The van der Waals surface area contributed by atoms with E-state index in [-0.39, 0.29) is 0 Å². The van der Waals surface area contributed by atoms with Gasteiger partial charge in [-0.3, -0.25) is 4.90 Å². The van der Waals surface area contributed by atoms with Crippen molar-refractivity contribution in [3.63, 3.8) is 0 Å². The highest BCUT2D eigenvalue weighted by atomic mass is 32.1. The predicted molar refractivity (Wildman–Crippen MR) is 96.0 cm³/mol. The lowest BCUT2D eigenvalue weighted by atomic mass is 9.94. The summed E-state index contributed by atoms with van der Waals surface area (Å²) in [5.74, 6) is 0.909. The fraction of sp³-hybridized carbons (Fsp3) is 0.526. The minimum Gasteiger partial charge on any atom is -0.486 e. The lowest BCUT2D eigenvalue weighted by molar-refractivity contribution is 0.183. The van der Waals surface area contributed by atoms with Gasteiger partial charge in [0.05, 0.1) is 5.69 Å². The molecule has 3 rings (SSSR count). The molecule has 1 heterocycles. The van der Waals surface area contributed by atoms with Crippen LogP contribution in [0.15, 0.2) is 29.6 Å². The van der Waals surface area contributed by atoms with Crippen LogP contribution in [0.1, 0.15) is 48.4 Å². The Bertz CT molecular complexity index is 602. The molecule has 0 aliphatic heterocycles. The summed E-state index contributed by atoms with van der Waals surface area (Å²) >= 11 is 1.70. The Morgan fingerprint density at radius 2 is 1.91 bits per heavy atom. The molecule has 4 heteroatoms. The summed E-state index contributed by atoms with van der Waals surface area (Å²) in [6, 6.07) is 8.91. The molecule has 0 bridgehead atoms. The topological polar surface area (TPSA) is 25.4 Å². The van der Waals surface area contributed by atoms with Crippen molar-refractivity contribution >= 4 is 11.3 Å². The molecule has 124 valence electrons. The number of hydrogen-bond donors (Lipinski definition) is 0. The van der Waals surface area contributed by atoms with Gasteiger partial charge in [0, 0.05) is 18.0 Å². The molecular formula is C19H26N2OS. The van der Waals surface area contributed by atoms with Crippen LogP contribution in [0.4, 0.5) is 0 Å². The highest BCUT2D eigenvalue weighted by Gasteiger charge is 2.18. The van der Waals surface area contributed by atoms with Gasteiger partial charge in [0.2, 0.25) is 0 Å². The number of benzene rings is 1. The Labute approximate surface area is 143 Å². The molecule has 1 aromatic heterocycles. The van der Waals surface area contributed by atoms with Crippen molar-refractivity contribution in [3.05, 3.63) is 45.9 Å². The van der Waals surface area contributed by atoms with Gasteiger partial charge in [-0.05, 0) is 38.9 Å². The van der Waals surface area contributed by atoms with E-state index in [1.54, 1.807) is 11.3 Å². The highest BCUT2D eigenvalue weighted by molar-refractivity contribution is 7.09. The molecular weight excluding hydrogens is 304 g/mol. The zero-order chi connectivity index (χ0) is 16.1. The minimum absolute atomic E-state index is 0.556. The number of ether oxygens (including phenoxy) is 1. The maximum Gasteiger partial charge on any atom is 0.140 e. The summed E-state index contributed by atoms with van der Waals surface area (Å²) in [7, 11) is 2.23. The summed E-state index contributed by atoms with van der Waals surface area (Å²) < 4.78 is 5.82. The van der Waals surface area contributed by atoms with E-state index < -0.39 is 0 Å². The maximum atomic E-state index is 5.82. The monoisotopic (exact) mass is 330 g/mol. The average Bonchev–Trinajstić information content (AvgIpc) is 3.02.